The molecule has 0 spiro atoms. The Morgan fingerprint density at radius 3 is 1.23 bits per heavy atom. The van der Waals surface area contributed by atoms with Crippen molar-refractivity contribution in [2.24, 2.45) is 0 Å². The van der Waals surface area contributed by atoms with Crippen LogP contribution >= 0.6 is 15.9 Å². The molecule has 19 heteroatoms. The van der Waals surface area contributed by atoms with Crippen molar-refractivity contribution >= 4 is 57.5 Å². The zero-order valence-corrected chi connectivity index (χ0v) is 37.3. The van der Waals surface area contributed by atoms with Crippen LogP contribution in [-0.2, 0) is 47.7 Å². The number of imide groups is 1. The number of nitrogens with one attached hydrogen (secondary N) is 4. The highest BCUT2D eigenvalue weighted by molar-refractivity contribution is 9.09. The van der Waals surface area contributed by atoms with Gasteiger partial charge < -0.3 is 50.4 Å². The van der Waals surface area contributed by atoms with Crippen LogP contribution in [0.3, 0.4) is 0 Å². The van der Waals surface area contributed by atoms with E-state index in [1.807, 2.05) is 0 Å². The number of hydrogen-bond acceptors (Lipinski definition) is 11. The van der Waals surface area contributed by atoms with E-state index in [9.17, 15) is 38.7 Å². The summed E-state index contributed by atoms with van der Waals surface area (Å²) in [5, 5.41) is 28.9. The zero-order chi connectivity index (χ0) is 44.3. The third kappa shape index (κ3) is 40.0. The van der Waals surface area contributed by atoms with Crippen LogP contribution in [0.2, 0.25) is 0 Å². The molecule has 6 amide bonds. The fourth-order valence-electron chi connectivity index (χ4n) is 5.82. The first-order valence-corrected chi connectivity index (χ1v) is 22.9. The molecule has 0 aromatic heterocycles. The maximum atomic E-state index is 12.5. The first-order chi connectivity index (χ1) is 29.1. The zero-order valence-electron chi connectivity index (χ0n) is 35.8. The Hall–Kier alpha value is -3.39. The molecule has 0 aliphatic rings. The summed E-state index contributed by atoms with van der Waals surface area (Å²) in [4.78, 5) is 82.2. The molecule has 18 nitrogen and oxygen atoms in total. The van der Waals surface area contributed by atoms with E-state index in [1.54, 1.807) is 0 Å². The highest BCUT2D eigenvalue weighted by Crippen LogP contribution is 2.15. The lowest BCUT2D eigenvalue weighted by Gasteiger charge is -2.17. The summed E-state index contributed by atoms with van der Waals surface area (Å²) >= 11 is 3.03. The van der Waals surface area contributed by atoms with E-state index < -0.39 is 18.0 Å². The summed E-state index contributed by atoms with van der Waals surface area (Å²) in [7, 11) is 0. The van der Waals surface area contributed by atoms with E-state index >= 15 is 0 Å². The van der Waals surface area contributed by atoms with Crippen LogP contribution in [0.1, 0.15) is 128 Å². The van der Waals surface area contributed by atoms with Crippen molar-refractivity contribution in [2.75, 3.05) is 90.9 Å². The molecule has 60 heavy (non-hydrogen) atoms. The Morgan fingerprint density at radius 2 is 0.800 bits per heavy atom. The van der Waals surface area contributed by atoms with Gasteiger partial charge in [0.1, 0.15) is 13.2 Å². The number of unbranched alkanes of at least 4 members (excludes halogenated alkanes) is 15. The minimum Gasteiger partial charge on any atom is -0.481 e. The second-order valence-corrected chi connectivity index (χ2v) is 14.9. The Balaban J connectivity index is 3.63. The van der Waals surface area contributed by atoms with E-state index in [1.165, 1.54) is 57.8 Å². The molecule has 0 fully saturated rings. The third-order valence-corrected chi connectivity index (χ3v) is 9.60. The van der Waals surface area contributed by atoms with Crippen molar-refractivity contribution in [3.8, 4) is 0 Å². The molecule has 0 aliphatic carbocycles. The Morgan fingerprint density at radius 1 is 0.417 bits per heavy atom. The Kier molecular flexibility index (Phi) is 39.9. The van der Waals surface area contributed by atoms with Crippen LogP contribution in [0.5, 0.6) is 0 Å². The van der Waals surface area contributed by atoms with Gasteiger partial charge in [0.2, 0.25) is 29.5 Å². The van der Waals surface area contributed by atoms with Crippen LogP contribution in [0.4, 0.5) is 4.79 Å². The number of nitrogens with zero attached hydrogens (tertiary/aromatic N) is 1. The predicted molar refractivity (Wildman–Crippen MR) is 229 cm³/mol. The Bertz CT molecular complexity index is 1170. The van der Waals surface area contributed by atoms with Crippen LogP contribution in [0, 0.1) is 0 Å². The summed E-state index contributed by atoms with van der Waals surface area (Å²) in [6.07, 6.45) is 17.1. The van der Waals surface area contributed by atoms with Crippen molar-refractivity contribution in [2.45, 2.75) is 128 Å². The number of aliphatic carboxylic acids is 1. The molecule has 0 radical (unpaired) electrons. The van der Waals surface area contributed by atoms with Gasteiger partial charge in [-0.05, 0) is 19.3 Å². The van der Waals surface area contributed by atoms with Crippen molar-refractivity contribution in [1.29, 1.82) is 0 Å². The standard InChI is InChI=1S/C41H74BrN5O13/c42-32-36(49)43-21-22-44-37(50)33-59-30-29-58-27-24-46-38(51)34-60-31-28-57-26-23-45-35(48)18-17-25-47(41(55)56)39(52)19-15-13-11-9-7-5-3-1-2-4-6-8-10-12-14-16-20-40(53)54/h1-34H2,(H,43,49)(H,44,50)(H,45,48)(H,46,51)(H,53,54)(H,55,56). The largest absolute Gasteiger partial charge is 0.481 e. The molecule has 6 N–H and O–H groups in total. The number of ether oxygens (including phenoxy) is 4. The van der Waals surface area contributed by atoms with Gasteiger partial charge in [-0.1, -0.05) is 106 Å². The maximum Gasteiger partial charge on any atom is 0.414 e. The van der Waals surface area contributed by atoms with Gasteiger partial charge in [0.15, 0.2) is 0 Å². The molecule has 0 unspecified atom stereocenters. The number of amides is 6. The van der Waals surface area contributed by atoms with Gasteiger partial charge >= 0.3 is 12.1 Å². The van der Waals surface area contributed by atoms with E-state index in [2.05, 4.69) is 37.2 Å². The molecular formula is C41H74BrN5O13. The number of carbonyl (C=O) groups is 7. The number of hydrogen-bond donors (Lipinski definition) is 6. The van der Waals surface area contributed by atoms with E-state index in [0.717, 1.165) is 43.4 Å². The molecular weight excluding hydrogens is 850 g/mol. The lowest BCUT2D eigenvalue weighted by atomic mass is 10.0. The predicted octanol–water partition coefficient (Wildman–Crippen LogP) is 4.31. The summed E-state index contributed by atoms with van der Waals surface area (Å²) in [6, 6.07) is 0. The van der Waals surface area contributed by atoms with Gasteiger partial charge in [-0.25, -0.2) is 9.69 Å². The molecule has 0 aliphatic heterocycles. The molecule has 0 rings (SSSR count). The lowest BCUT2D eigenvalue weighted by Crippen LogP contribution is -2.37. The third-order valence-electron chi connectivity index (χ3n) is 9.09. The summed E-state index contributed by atoms with van der Waals surface area (Å²) in [5.74, 6) is -2.20. The molecule has 0 bridgehead atoms. The summed E-state index contributed by atoms with van der Waals surface area (Å²) in [6.45, 7) is 2.16. The van der Waals surface area contributed by atoms with Gasteiger partial charge in [-0.15, -0.1) is 0 Å². The number of halogens is 1. The van der Waals surface area contributed by atoms with E-state index in [0.29, 0.717) is 19.5 Å². The fourth-order valence-corrected chi connectivity index (χ4v) is 6.02. The SMILES string of the molecule is O=C(O)CCCCCCCCCCCCCCCCCCC(=O)N(CCCC(=O)NCCOCCOCC(=O)NCCOCCOCC(=O)NCCNC(=O)CBr)C(=O)O. The van der Waals surface area contributed by atoms with Crippen molar-refractivity contribution in [3.63, 3.8) is 0 Å². The average molecular weight is 925 g/mol. The van der Waals surface area contributed by atoms with Crippen molar-refractivity contribution < 1.29 is 62.7 Å². The second-order valence-electron chi connectivity index (χ2n) is 14.3. The van der Waals surface area contributed by atoms with Gasteiger partial charge in [-0.2, -0.15) is 0 Å². The molecule has 0 heterocycles. The normalized spacial score (nSPS) is 10.9. The smallest absolute Gasteiger partial charge is 0.414 e. The topological polar surface area (TPSA) is 248 Å². The number of carbonyl (C=O) groups excluding carboxylic acids is 5. The van der Waals surface area contributed by atoms with Crippen LogP contribution in [0.15, 0.2) is 0 Å². The number of alkyl halides is 1. The van der Waals surface area contributed by atoms with Crippen LogP contribution in [0.25, 0.3) is 0 Å². The van der Waals surface area contributed by atoms with Crippen molar-refractivity contribution in [3.05, 3.63) is 0 Å². The van der Waals surface area contributed by atoms with E-state index in [4.69, 9.17) is 24.1 Å². The van der Waals surface area contributed by atoms with Crippen molar-refractivity contribution in [1.82, 2.24) is 26.2 Å². The molecule has 348 valence electrons. The van der Waals surface area contributed by atoms with Crippen LogP contribution < -0.4 is 21.3 Å². The number of carboxylic acid groups (broad SMARTS) is 2. The fraction of sp³-hybridized carbons (Fsp3) is 0.829. The first kappa shape index (κ1) is 56.6. The van der Waals surface area contributed by atoms with Gasteiger partial charge in [0, 0.05) is 52.0 Å². The van der Waals surface area contributed by atoms with Gasteiger partial charge in [-0.3, -0.25) is 28.8 Å². The van der Waals surface area contributed by atoms with Crippen LogP contribution in [-0.4, -0.2) is 148 Å². The first-order valence-electron chi connectivity index (χ1n) is 21.8. The lowest BCUT2D eigenvalue weighted by molar-refractivity contribution is -0.137. The van der Waals surface area contributed by atoms with E-state index in [-0.39, 0.29) is 127 Å². The average Bonchev–Trinajstić information content (AvgIpc) is 3.22. The molecule has 0 saturated carbocycles. The maximum absolute atomic E-state index is 12.5. The molecule has 0 atom stereocenters. The quantitative estimate of drug-likeness (QED) is 0.0369. The Labute approximate surface area is 364 Å². The van der Waals surface area contributed by atoms with Gasteiger partial charge in [0.25, 0.3) is 0 Å². The summed E-state index contributed by atoms with van der Waals surface area (Å²) < 4.78 is 21.2. The highest BCUT2D eigenvalue weighted by Gasteiger charge is 2.20. The number of carboxylic acids is 1. The summed E-state index contributed by atoms with van der Waals surface area (Å²) in [5.41, 5.74) is 0. The monoisotopic (exact) mass is 923 g/mol. The minimum atomic E-state index is -1.30. The number of rotatable bonds is 43. The molecule has 0 saturated heterocycles. The highest BCUT2D eigenvalue weighted by atomic mass is 79.9. The van der Waals surface area contributed by atoms with Gasteiger partial charge in [0.05, 0.1) is 45.0 Å². The molecule has 0 aromatic rings. The molecule has 0 aromatic carbocycles. The second kappa shape index (κ2) is 42.3. The minimum absolute atomic E-state index is 0.0371.